The summed E-state index contributed by atoms with van der Waals surface area (Å²) in [5.74, 6) is -0.0436. The second-order valence-electron chi connectivity index (χ2n) is 10.5. The number of rotatable bonds is 23. The topological polar surface area (TPSA) is 84.9 Å². The fraction of sp³-hybridized carbons (Fsp3) is 0.897. The van der Waals surface area contributed by atoms with Crippen molar-refractivity contribution in [2.75, 3.05) is 6.61 Å². The van der Waals surface area contributed by atoms with E-state index in [4.69, 9.17) is 9.05 Å². The van der Waals surface area contributed by atoms with E-state index < -0.39 is 20.0 Å². The second kappa shape index (κ2) is 22.3. The first-order valence-corrected chi connectivity index (χ1v) is 16.6. The molecule has 7 heteroatoms. The lowest BCUT2D eigenvalue weighted by Crippen LogP contribution is -2.48. The van der Waals surface area contributed by atoms with Gasteiger partial charge in [0.05, 0.1) is 12.6 Å². The van der Waals surface area contributed by atoms with E-state index in [0.29, 0.717) is 6.42 Å². The lowest BCUT2D eigenvalue weighted by Gasteiger charge is -2.32. The average molecular weight is 530 g/mol. The van der Waals surface area contributed by atoms with Crippen molar-refractivity contribution in [3.63, 3.8) is 0 Å². The number of unbranched alkanes of at least 4 members (excludes halogenated alkanes) is 18. The van der Waals surface area contributed by atoms with E-state index >= 15 is 0 Å². The maximum absolute atomic E-state index is 12.4. The molecule has 0 aliphatic carbocycles. The molecule has 0 aromatic carbocycles. The van der Waals surface area contributed by atoms with Gasteiger partial charge in [-0.2, -0.15) is 0 Å². The minimum absolute atomic E-state index is 0.00938. The summed E-state index contributed by atoms with van der Waals surface area (Å²) in [5, 5.41) is 2.95. The SMILES string of the molecule is CCCCCCCCCCCC/C=C/[C@H]1OP(=O)(O)OC[C@@H]1NC(=O)CCCCCCCCCCC. The van der Waals surface area contributed by atoms with Crippen LogP contribution in [0.2, 0.25) is 0 Å². The van der Waals surface area contributed by atoms with Crippen LogP contribution in [0.5, 0.6) is 0 Å². The van der Waals surface area contributed by atoms with Crippen molar-refractivity contribution in [3.05, 3.63) is 12.2 Å². The number of allylic oxidation sites excluding steroid dienone is 1. The van der Waals surface area contributed by atoms with E-state index in [-0.39, 0.29) is 12.5 Å². The maximum atomic E-state index is 12.4. The summed E-state index contributed by atoms with van der Waals surface area (Å²) in [6, 6.07) is -0.436. The molecule has 0 aromatic heterocycles. The second-order valence-corrected chi connectivity index (χ2v) is 11.9. The Balaban J connectivity index is 2.20. The van der Waals surface area contributed by atoms with Gasteiger partial charge in [0.2, 0.25) is 5.91 Å². The number of phosphoric acid groups is 1. The van der Waals surface area contributed by atoms with Crippen LogP contribution in [-0.2, 0) is 18.4 Å². The molecule has 1 rings (SSSR count). The number of hydrogen-bond donors (Lipinski definition) is 2. The normalized spacial score (nSPS) is 22.3. The summed E-state index contributed by atoms with van der Waals surface area (Å²) >= 11 is 0. The van der Waals surface area contributed by atoms with Gasteiger partial charge in [-0.3, -0.25) is 13.8 Å². The summed E-state index contributed by atoms with van der Waals surface area (Å²) in [4.78, 5) is 22.2. The smallest absolute Gasteiger partial charge is 0.348 e. The Labute approximate surface area is 222 Å². The number of nitrogens with one attached hydrogen (secondary N) is 1. The molecule has 0 bridgehead atoms. The van der Waals surface area contributed by atoms with Crippen molar-refractivity contribution in [3.8, 4) is 0 Å². The van der Waals surface area contributed by atoms with E-state index in [1.807, 2.05) is 12.2 Å². The zero-order valence-electron chi connectivity index (χ0n) is 23.4. The van der Waals surface area contributed by atoms with Gasteiger partial charge in [-0.15, -0.1) is 0 Å². The molecule has 0 aromatic rings. The minimum Gasteiger partial charge on any atom is -0.348 e. The Morgan fingerprint density at radius 2 is 1.28 bits per heavy atom. The Hall–Kier alpha value is -0.680. The van der Waals surface area contributed by atoms with Crippen LogP contribution < -0.4 is 5.32 Å². The van der Waals surface area contributed by atoms with Crippen molar-refractivity contribution >= 4 is 13.7 Å². The Bertz CT molecular complexity index is 612. The standard InChI is InChI=1S/C29H56NO5P/c1-3-5-7-9-11-13-14-15-17-18-20-22-24-28-27(26-34-36(32,33)35-28)30-29(31)25-23-21-19-16-12-10-8-6-4-2/h22,24,27-28H,3-21,23,25-26H2,1-2H3,(H,30,31)(H,32,33)/b24-22+/t27-,28+/m0/s1. The molecule has 1 unspecified atom stereocenters. The van der Waals surface area contributed by atoms with Gasteiger partial charge in [0.1, 0.15) is 6.10 Å². The molecule has 1 heterocycles. The molecule has 0 spiro atoms. The van der Waals surface area contributed by atoms with Crippen LogP contribution in [0.25, 0.3) is 0 Å². The molecule has 0 saturated carbocycles. The van der Waals surface area contributed by atoms with E-state index in [1.54, 1.807) is 0 Å². The molecule has 36 heavy (non-hydrogen) atoms. The fourth-order valence-corrected chi connectivity index (χ4v) is 5.61. The highest BCUT2D eigenvalue weighted by molar-refractivity contribution is 7.47. The van der Waals surface area contributed by atoms with Gasteiger partial charge in [-0.05, 0) is 19.3 Å². The molecular weight excluding hydrogens is 473 g/mol. The number of hydrogen-bond acceptors (Lipinski definition) is 4. The van der Waals surface area contributed by atoms with Gasteiger partial charge in [-0.1, -0.05) is 135 Å². The van der Waals surface area contributed by atoms with Gasteiger partial charge in [0.15, 0.2) is 0 Å². The largest absolute Gasteiger partial charge is 0.472 e. The molecule has 3 atom stereocenters. The van der Waals surface area contributed by atoms with Crippen LogP contribution in [0.3, 0.4) is 0 Å². The molecule has 1 aliphatic heterocycles. The Kier molecular flexibility index (Phi) is 20.7. The van der Waals surface area contributed by atoms with Crippen LogP contribution >= 0.6 is 7.82 Å². The number of phosphoric ester groups is 1. The van der Waals surface area contributed by atoms with Crippen LogP contribution in [0.4, 0.5) is 0 Å². The van der Waals surface area contributed by atoms with Gasteiger partial charge in [0, 0.05) is 6.42 Å². The molecule has 212 valence electrons. The van der Waals surface area contributed by atoms with Crippen molar-refractivity contribution in [1.82, 2.24) is 5.32 Å². The molecule has 2 N–H and O–H groups in total. The number of amides is 1. The summed E-state index contributed by atoms with van der Waals surface area (Å²) < 4.78 is 22.1. The monoisotopic (exact) mass is 529 g/mol. The lowest BCUT2D eigenvalue weighted by molar-refractivity contribution is -0.123. The molecule has 1 aliphatic rings. The summed E-state index contributed by atoms with van der Waals surface area (Å²) in [7, 11) is -4.05. The highest BCUT2D eigenvalue weighted by atomic mass is 31.2. The maximum Gasteiger partial charge on any atom is 0.472 e. The molecule has 1 amide bonds. The van der Waals surface area contributed by atoms with Crippen molar-refractivity contribution in [1.29, 1.82) is 0 Å². The zero-order chi connectivity index (χ0) is 26.3. The quantitative estimate of drug-likeness (QED) is 0.0785. The van der Waals surface area contributed by atoms with Crippen LogP contribution in [0.15, 0.2) is 12.2 Å². The zero-order valence-corrected chi connectivity index (χ0v) is 24.3. The first-order valence-electron chi connectivity index (χ1n) is 15.1. The molecule has 1 fully saturated rings. The molecule has 1 saturated heterocycles. The molecule has 0 radical (unpaired) electrons. The first kappa shape index (κ1) is 33.3. The third kappa shape index (κ3) is 18.5. The van der Waals surface area contributed by atoms with E-state index in [1.165, 1.54) is 103 Å². The van der Waals surface area contributed by atoms with E-state index in [9.17, 15) is 14.3 Å². The summed E-state index contributed by atoms with van der Waals surface area (Å²) in [5.41, 5.74) is 0. The molecule has 6 nitrogen and oxygen atoms in total. The van der Waals surface area contributed by atoms with Gasteiger partial charge >= 0.3 is 7.82 Å². The average Bonchev–Trinajstić information content (AvgIpc) is 2.85. The van der Waals surface area contributed by atoms with Crippen LogP contribution in [-0.4, -0.2) is 29.6 Å². The Morgan fingerprint density at radius 3 is 1.81 bits per heavy atom. The predicted molar refractivity (Wildman–Crippen MR) is 150 cm³/mol. The van der Waals surface area contributed by atoms with Crippen LogP contribution in [0, 0.1) is 0 Å². The highest BCUT2D eigenvalue weighted by Gasteiger charge is 2.37. The minimum atomic E-state index is -4.05. The molecular formula is C29H56NO5P. The third-order valence-electron chi connectivity index (χ3n) is 6.97. The predicted octanol–water partition coefficient (Wildman–Crippen LogP) is 8.78. The Morgan fingerprint density at radius 1 is 0.806 bits per heavy atom. The van der Waals surface area contributed by atoms with Crippen molar-refractivity contribution in [2.45, 2.75) is 161 Å². The highest BCUT2D eigenvalue weighted by Crippen LogP contribution is 2.48. The van der Waals surface area contributed by atoms with E-state index in [0.717, 1.165) is 25.7 Å². The van der Waals surface area contributed by atoms with Crippen LogP contribution in [0.1, 0.15) is 149 Å². The number of carbonyl (C=O) groups excluding carboxylic acids is 1. The summed E-state index contributed by atoms with van der Waals surface area (Å²) in [6.45, 7) is 4.47. The number of carbonyl (C=O) groups is 1. The van der Waals surface area contributed by atoms with Crippen molar-refractivity contribution in [2.24, 2.45) is 0 Å². The van der Waals surface area contributed by atoms with Crippen molar-refractivity contribution < 1.29 is 23.3 Å². The van der Waals surface area contributed by atoms with Gasteiger partial charge < -0.3 is 10.2 Å². The van der Waals surface area contributed by atoms with Gasteiger partial charge in [-0.25, -0.2) is 4.57 Å². The van der Waals surface area contributed by atoms with Gasteiger partial charge in [0.25, 0.3) is 0 Å². The van der Waals surface area contributed by atoms with E-state index in [2.05, 4.69) is 19.2 Å². The third-order valence-corrected chi connectivity index (χ3v) is 7.96. The first-order chi connectivity index (χ1) is 17.5. The summed E-state index contributed by atoms with van der Waals surface area (Å²) in [6.07, 6.45) is 28.4. The lowest BCUT2D eigenvalue weighted by atomic mass is 10.1. The fourth-order valence-electron chi connectivity index (χ4n) is 4.68.